The van der Waals surface area contributed by atoms with Gasteiger partial charge in [0.2, 0.25) is 10.0 Å². The molecule has 0 radical (unpaired) electrons. The molecule has 7 heteroatoms. The smallest absolute Gasteiger partial charge is 0.238 e. The van der Waals surface area contributed by atoms with Crippen molar-refractivity contribution in [2.75, 3.05) is 5.32 Å². The second-order valence-electron chi connectivity index (χ2n) is 5.17. The van der Waals surface area contributed by atoms with Gasteiger partial charge in [0.25, 0.3) is 0 Å². The van der Waals surface area contributed by atoms with Gasteiger partial charge < -0.3 is 9.73 Å². The lowest BCUT2D eigenvalue weighted by Gasteiger charge is -2.05. The molecule has 0 amide bonds. The van der Waals surface area contributed by atoms with E-state index in [-0.39, 0.29) is 4.90 Å². The van der Waals surface area contributed by atoms with Gasteiger partial charge >= 0.3 is 0 Å². The molecule has 3 aromatic rings. The highest BCUT2D eigenvalue weighted by Crippen LogP contribution is 2.29. The number of halogens is 1. The zero-order valence-electron chi connectivity index (χ0n) is 12.6. The fourth-order valence-corrected chi connectivity index (χ4v) is 2.97. The van der Waals surface area contributed by atoms with E-state index in [4.69, 9.17) is 21.2 Å². The monoisotopic (exact) mass is 362 g/mol. The van der Waals surface area contributed by atoms with E-state index in [1.54, 1.807) is 12.1 Å². The van der Waals surface area contributed by atoms with Crippen LogP contribution in [0.1, 0.15) is 5.76 Å². The van der Waals surface area contributed by atoms with Gasteiger partial charge in [0, 0.05) is 11.3 Å². The van der Waals surface area contributed by atoms with Gasteiger partial charge in [0.05, 0.1) is 16.5 Å². The van der Waals surface area contributed by atoms with Crippen molar-refractivity contribution in [2.45, 2.75) is 11.4 Å². The van der Waals surface area contributed by atoms with Crippen LogP contribution >= 0.6 is 11.6 Å². The SMILES string of the molecule is NS(=O)(=O)c1ccc(NCc2ccc(-c3ccccc3Cl)o2)cc1. The molecular weight excluding hydrogens is 348 g/mol. The van der Waals surface area contributed by atoms with Gasteiger partial charge in [-0.2, -0.15) is 0 Å². The Morgan fingerprint density at radius 3 is 2.38 bits per heavy atom. The summed E-state index contributed by atoms with van der Waals surface area (Å²) in [4.78, 5) is 0.0760. The molecule has 0 aliphatic carbocycles. The first-order valence-corrected chi connectivity index (χ1v) is 9.06. The maximum absolute atomic E-state index is 11.2. The molecule has 3 rings (SSSR count). The van der Waals surface area contributed by atoms with Crippen molar-refractivity contribution >= 4 is 27.3 Å². The third-order valence-electron chi connectivity index (χ3n) is 3.45. The minimum atomic E-state index is -3.68. The highest BCUT2D eigenvalue weighted by Gasteiger charge is 2.09. The summed E-state index contributed by atoms with van der Waals surface area (Å²) in [7, 11) is -3.68. The fraction of sp³-hybridized carbons (Fsp3) is 0.0588. The average molecular weight is 363 g/mol. The van der Waals surface area contributed by atoms with Crippen LogP contribution in [0.25, 0.3) is 11.3 Å². The molecule has 0 saturated carbocycles. The standard InChI is InChI=1S/C17H15ClN2O3S/c18-16-4-2-1-3-15(16)17-10-7-13(23-17)11-20-12-5-8-14(9-6-12)24(19,21)22/h1-10,20H,11H2,(H2,19,21,22). The first kappa shape index (κ1) is 16.6. The summed E-state index contributed by atoms with van der Waals surface area (Å²) in [5.41, 5.74) is 1.60. The number of benzene rings is 2. The first-order chi connectivity index (χ1) is 11.4. The van der Waals surface area contributed by atoms with Crippen LogP contribution in [0, 0.1) is 0 Å². The molecule has 0 aliphatic heterocycles. The molecule has 124 valence electrons. The van der Waals surface area contributed by atoms with E-state index in [1.807, 2.05) is 36.4 Å². The molecule has 0 aliphatic rings. The predicted octanol–water partition coefficient (Wildman–Crippen LogP) is 3.86. The lowest BCUT2D eigenvalue weighted by atomic mass is 10.2. The van der Waals surface area contributed by atoms with Crippen molar-refractivity contribution in [1.29, 1.82) is 0 Å². The molecular formula is C17H15ClN2O3S. The van der Waals surface area contributed by atoms with E-state index in [0.717, 1.165) is 17.0 Å². The average Bonchev–Trinajstić information content (AvgIpc) is 3.02. The van der Waals surface area contributed by atoms with Crippen molar-refractivity contribution in [1.82, 2.24) is 0 Å². The summed E-state index contributed by atoms with van der Waals surface area (Å²) in [6, 6.07) is 17.4. The van der Waals surface area contributed by atoms with Gasteiger partial charge in [-0.1, -0.05) is 23.7 Å². The summed E-state index contributed by atoms with van der Waals surface area (Å²) in [5.74, 6) is 1.43. The van der Waals surface area contributed by atoms with Gasteiger partial charge in [-0.25, -0.2) is 13.6 Å². The van der Waals surface area contributed by atoms with Crippen molar-refractivity contribution in [2.24, 2.45) is 5.14 Å². The van der Waals surface area contributed by atoms with E-state index in [2.05, 4.69) is 5.32 Å². The Balaban J connectivity index is 1.69. The van der Waals surface area contributed by atoms with Crippen LogP contribution in [0.5, 0.6) is 0 Å². The minimum absolute atomic E-state index is 0.0760. The summed E-state index contributed by atoms with van der Waals surface area (Å²) >= 11 is 6.16. The van der Waals surface area contributed by atoms with Gasteiger partial charge in [-0.15, -0.1) is 0 Å². The van der Waals surface area contributed by atoms with Crippen LogP contribution in [-0.2, 0) is 16.6 Å². The van der Waals surface area contributed by atoms with Crippen LogP contribution in [-0.4, -0.2) is 8.42 Å². The largest absolute Gasteiger partial charge is 0.459 e. The molecule has 0 bridgehead atoms. The van der Waals surface area contributed by atoms with Crippen LogP contribution < -0.4 is 10.5 Å². The van der Waals surface area contributed by atoms with Crippen LogP contribution in [0.2, 0.25) is 5.02 Å². The van der Waals surface area contributed by atoms with Gasteiger partial charge in [-0.05, 0) is 48.5 Å². The molecule has 3 N–H and O–H groups in total. The number of nitrogens with one attached hydrogen (secondary N) is 1. The van der Waals surface area contributed by atoms with Crippen molar-refractivity contribution < 1.29 is 12.8 Å². The number of sulfonamides is 1. The number of hydrogen-bond acceptors (Lipinski definition) is 4. The zero-order valence-corrected chi connectivity index (χ0v) is 14.1. The van der Waals surface area contributed by atoms with Gasteiger partial charge in [0.15, 0.2) is 0 Å². The number of furan rings is 1. The summed E-state index contributed by atoms with van der Waals surface area (Å²) in [5, 5.41) is 8.85. The molecule has 24 heavy (non-hydrogen) atoms. The second kappa shape index (κ2) is 6.68. The summed E-state index contributed by atoms with van der Waals surface area (Å²) < 4.78 is 28.2. The van der Waals surface area contributed by atoms with Crippen molar-refractivity contribution in [3.8, 4) is 11.3 Å². The molecule has 0 fully saturated rings. The van der Waals surface area contributed by atoms with E-state index >= 15 is 0 Å². The lowest BCUT2D eigenvalue weighted by molar-refractivity contribution is 0.531. The Morgan fingerprint density at radius 1 is 1.00 bits per heavy atom. The molecule has 5 nitrogen and oxygen atoms in total. The summed E-state index contributed by atoms with van der Waals surface area (Å²) in [6.45, 7) is 0.458. The third kappa shape index (κ3) is 3.79. The van der Waals surface area contributed by atoms with Crippen molar-refractivity contribution in [3.05, 3.63) is 71.4 Å². The molecule has 0 saturated heterocycles. The highest BCUT2D eigenvalue weighted by atomic mass is 35.5. The maximum atomic E-state index is 11.2. The Morgan fingerprint density at radius 2 is 1.71 bits per heavy atom. The van der Waals surface area contributed by atoms with E-state index in [1.165, 1.54) is 12.1 Å². The maximum Gasteiger partial charge on any atom is 0.238 e. The van der Waals surface area contributed by atoms with Crippen molar-refractivity contribution in [3.63, 3.8) is 0 Å². The van der Waals surface area contributed by atoms with E-state index in [9.17, 15) is 8.42 Å². The second-order valence-corrected chi connectivity index (χ2v) is 7.14. The quantitative estimate of drug-likeness (QED) is 0.721. The Bertz CT molecular complexity index is 950. The molecule has 0 spiro atoms. The number of anilines is 1. The lowest BCUT2D eigenvalue weighted by Crippen LogP contribution is -2.11. The van der Waals surface area contributed by atoms with Crippen LogP contribution in [0.4, 0.5) is 5.69 Å². The van der Waals surface area contributed by atoms with Gasteiger partial charge in [-0.3, -0.25) is 0 Å². The normalized spacial score (nSPS) is 11.4. The van der Waals surface area contributed by atoms with Crippen LogP contribution in [0.15, 0.2) is 70.0 Å². The number of hydrogen-bond donors (Lipinski definition) is 2. The molecule has 1 heterocycles. The number of rotatable bonds is 5. The Hall–Kier alpha value is -2.28. The fourth-order valence-electron chi connectivity index (χ4n) is 2.23. The number of nitrogens with two attached hydrogens (primary N) is 1. The Labute approximate surface area is 145 Å². The number of primary sulfonamides is 1. The molecule has 0 atom stereocenters. The highest BCUT2D eigenvalue weighted by molar-refractivity contribution is 7.89. The molecule has 2 aromatic carbocycles. The van der Waals surface area contributed by atoms with E-state index < -0.39 is 10.0 Å². The van der Waals surface area contributed by atoms with Crippen LogP contribution in [0.3, 0.4) is 0 Å². The Kier molecular flexibility index (Phi) is 4.62. The van der Waals surface area contributed by atoms with E-state index in [0.29, 0.717) is 17.3 Å². The van der Waals surface area contributed by atoms with Gasteiger partial charge in [0.1, 0.15) is 11.5 Å². The first-order valence-electron chi connectivity index (χ1n) is 7.14. The topological polar surface area (TPSA) is 85.3 Å². The molecule has 0 unspecified atom stereocenters. The third-order valence-corrected chi connectivity index (χ3v) is 4.71. The minimum Gasteiger partial charge on any atom is -0.459 e. The molecule has 1 aromatic heterocycles. The predicted molar refractivity (Wildman–Crippen MR) is 94.3 cm³/mol. The summed E-state index contributed by atoms with van der Waals surface area (Å²) in [6.07, 6.45) is 0. The zero-order chi connectivity index (χ0) is 17.2.